The number of rotatable bonds is 3. The molecule has 0 spiro atoms. The van der Waals surface area contributed by atoms with Crippen molar-refractivity contribution in [2.45, 2.75) is 31.7 Å². The van der Waals surface area contributed by atoms with Gasteiger partial charge >= 0.3 is 0 Å². The largest absolute Gasteiger partial charge is 0.411 e. The lowest BCUT2D eigenvalue weighted by Crippen LogP contribution is -3.21. The Morgan fingerprint density at radius 3 is 2.68 bits per heavy atom. The second-order valence-corrected chi connectivity index (χ2v) is 7.98. The van der Waals surface area contributed by atoms with Crippen molar-refractivity contribution in [2.24, 2.45) is 5.16 Å². The van der Waals surface area contributed by atoms with E-state index in [2.05, 4.69) is 51.2 Å². The molecule has 1 fully saturated rings. The molecule has 1 aromatic heterocycles. The summed E-state index contributed by atoms with van der Waals surface area (Å²) in [6.07, 6.45) is 7.99. The quantitative estimate of drug-likeness (QED) is 0.456. The van der Waals surface area contributed by atoms with Gasteiger partial charge in [-0.15, -0.1) is 0 Å². The number of hydrogen-bond donors (Lipinski definition) is 4. The molecule has 2 aliphatic heterocycles. The molecular weight excluding hydrogens is 350 g/mol. The number of fused-ring (bicyclic) bond motifs is 1. The molecule has 2 aromatic rings. The smallest absolute Gasteiger partial charge is 0.128 e. The van der Waals surface area contributed by atoms with Gasteiger partial charge < -0.3 is 10.5 Å². The fraction of sp³-hybridized carbons (Fsp3) is 0.364. The Morgan fingerprint density at radius 2 is 1.89 bits per heavy atom. The van der Waals surface area contributed by atoms with Gasteiger partial charge in [0.2, 0.25) is 0 Å². The number of nitrogens with one attached hydrogen (secondary N) is 2. The van der Waals surface area contributed by atoms with Crippen LogP contribution in [0.4, 0.5) is 0 Å². The van der Waals surface area contributed by atoms with E-state index in [0.717, 1.165) is 30.7 Å². The first-order valence-corrected chi connectivity index (χ1v) is 10.3. The lowest BCUT2D eigenvalue weighted by molar-refractivity contribution is -0.956. The molecule has 5 rings (SSSR count). The third-order valence-electron chi connectivity index (χ3n) is 6.37. The highest BCUT2D eigenvalue weighted by Gasteiger charge is 2.35. The van der Waals surface area contributed by atoms with E-state index in [1.54, 1.807) is 0 Å². The Morgan fingerprint density at radius 1 is 1.07 bits per heavy atom. The van der Waals surface area contributed by atoms with Crippen LogP contribution in [0.25, 0.3) is 11.3 Å². The normalized spacial score (nSPS) is 23.9. The first-order chi connectivity index (χ1) is 13.8. The summed E-state index contributed by atoms with van der Waals surface area (Å²) in [6.45, 7) is 3.43. The molecule has 6 heteroatoms. The van der Waals surface area contributed by atoms with Gasteiger partial charge in [-0.3, -0.25) is 4.98 Å². The number of nitrogens with zero attached hydrogens (tertiary/aromatic N) is 2. The number of piperidine rings is 1. The van der Waals surface area contributed by atoms with Crippen LogP contribution in [0.2, 0.25) is 0 Å². The van der Waals surface area contributed by atoms with Gasteiger partial charge in [0.05, 0.1) is 31.6 Å². The molecule has 0 saturated carbocycles. The van der Waals surface area contributed by atoms with E-state index in [-0.39, 0.29) is 0 Å². The molecule has 1 unspecified atom stereocenters. The standard InChI is InChI=1S/C22H25N5O/c28-26-21-4-2-16-13-17(1-3-19(16)21)20-14-27(18-7-11-24-12-8-18)25-22(20)15-5-9-23-10-6-15/h1,3,5-6,9-10,13,18,24-25,28H,2,4,7-8,11-12,14H2/p+2/b26-21+. The zero-order valence-electron chi connectivity index (χ0n) is 16.0. The molecule has 1 aliphatic carbocycles. The van der Waals surface area contributed by atoms with Crippen LogP contribution in [-0.4, -0.2) is 41.6 Å². The molecule has 28 heavy (non-hydrogen) atoms. The van der Waals surface area contributed by atoms with Crippen molar-refractivity contribution in [3.05, 3.63) is 65.0 Å². The van der Waals surface area contributed by atoms with Gasteiger partial charge in [0.25, 0.3) is 0 Å². The second kappa shape index (κ2) is 7.37. The van der Waals surface area contributed by atoms with Gasteiger partial charge in [0.15, 0.2) is 0 Å². The van der Waals surface area contributed by atoms with Crippen molar-refractivity contribution >= 4 is 17.0 Å². The zero-order chi connectivity index (χ0) is 18.9. The predicted octanol–water partition coefficient (Wildman–Crippen LogP) is 0.203. The van der Waals surface area contributed by atoms with E-state index >= 15 is 0 Å². The van der Waals surface area contributed by atoms with E-state index in [0.29, 0.717) is 6.04 Å². The topological polar surface area (TPSA) is 78.6 Å². The van der Waals surface area contributed by atoms with Crippen LogP contribution in [0.5, 0.6) is 0 Å². The summed E-state index contributed by atoms with van der Waals surface area (Å²) in [5, 5.41) is 16.6. The van der Waals surface area contributed by atoms with Crippen molar-refractivity contribution < 1.29 is 15.5 Å². The van der Waals surface area contributed by atoms with E-state index in [9.17, 15) is 5.21 Å². The molecule has 0 bridgehead atoms. The maximum atomic E-state index is 9.22. The van der Waals surface area contributed by atoms with Gasteiger partial charge in [-0.2, -0.15) is 0 Å². The van der Waals surface area contributed by atoms with E-state index in [4.69, 9.17) is 0 Å². The van der Waals surface area contributed by atoms with Gasteiger partial charge in [0.1, 0.15) is 18.3 Å². The molecule has 1 saturated heterocycles. The Labute approximate surface area is 164 Å². The van der Waals surface area contributed by atoms with Crippen molar-refractivity contribution in [1.29, 1.82) is 0 Å². The lowest BCUT2D eigenvalue weighted by atomic mass is 9.97. The summed E-state index contributed by atoms with van der Waals surface area (Å²) >= 11 is 0. The molecule has 1 atom stereocenters. The average molecular weight is 377 g/mol. The molecule has 3 heterocycles. The maximum absolute atomic E-state index is 9.22. The van der Waals surface area contributed by atoms with Crippen LogP contribution in [-0.2, 0) is 6.42 Å². The number of pyridine rings is 1. The molecule has 0 radical (unpaired) electrons. The van der Waals surface area contributed by atoms with Crippen molar-refractivity contribution in [3.63, 3.8) is 0 Å². The molecule has 144 valence electrons. The van der Waals surface area contributed by atoms with Crippen LogP contribution in [0.3, 0.4) is 0 Å². The second-order valence-electron chi connectivity index (χ2n) is 7.98. The molecule has 3 aliphatic rings. The number of aryl methyl sites for hydroxylation is 1. The van der Waals surface area contributed by atoms with Crippen molar-refractivity contribution in [1.82, 2.24) is 10.4 Å². The minimum Gasteiger partial charge on any atom is -0.411 e. The summed E-state index contributed by atoms with van der Waals surface area (Å²) in [5.74, 6) is 0. The van der Waals surface area contributed by atoms with Crippen molar-refractivity contribution in [2.75, 3.05) is 19.6 Å². The highest BCUT2D eigenvalue weighted by molar-refractivity contribution is 6.04. The summed E-state index contributed by atoms with van der Waals surface area (Å²) in [6, 6.07) is 11.4. The van der Waals surface area contributed by atoms with Crippen LogP contribution >= 0.6 is 0 Å². The van der Waals surface area contributed by atoms with Crippen LogP contribution in [0.15, 0.2) is 47.9 Å². The highest BCUT2D eigenvalue weighted by Crippen LogP contribution is 2.30. The summed E-state index contributed by atoms with van der Waals surface area (Å²) < 4.78 is 0. The fourth-order valence-corrected chi connectivity index (χ4v) is 4.85. The third-order valence-corrected chi connectivity index (χ3v) is 6.37. The Balaban J connectivity index is 1.52. The van der Waals surface area contributed by atoms with Crippen LogP contribution in [0, 0.1) is 0 Å². The minimum absolute atomic E-state index is 0.655. The number of hydrogen-bond acceptors (Lipinski definition) is 4. The number of oxime groups is 1. The minimum atomic E-state index is 0.655. The monoisotopic (exact) mass is 377 g/mol. The molecule has 1 aromatic carbocycles. The predicted molar refractivity (Wildman–Crippen MR) is 108 cm³/mol. The zero-order valence-corrected chi connectivity index (χ0v) is 16.0. The molecule has 6 nitrogen and oxygen atoms in total. The van der Waals surface area contributed by atoms with Crippen molar-refractivity contribution in [3.8, 4) is 0 Å². The molecular formula is C22H27N5O+2. The average Bonchev–Trinajstić information content (AvgIpc) is 3.39. The number of quaternary nitrogens is 2. The van der Waals surface area contributed by atoms with E-state index in [1.165, 1.54) is 58.9 Å². The Kier molecular flexibility index (Phi) is 4.58. The van der Waals surface area contributed by atoms with Gasteiger partial charge in [0, 0.05) is 29.1 Å². The highest BCUT2D eigenvalue weighted by atomic mass is 16.4. The molecule has 5 N–H and O–H groups in total. The first kappa shape index (κ1) is 17.4. The van der Waals surface area contributed by atoms with Gasteiger partial charge in [-0.25, -0.2) is 10.4 Å². The maximum Gasteiger partial charge on any atom is 0.128 e. The number of benzene rings is 1. The molecule has 0 amide bonds. The summed E-state index contributed by atoms with van der Waals surface area (Å²) in [7, 11) is 0. The van der Waals surface area contributed by atoms with Gasteiger partial charge in [-0.05, 0) is 36.1 Å². The van der Waals surface area contributed by atoms with Gasteiger partial charge in [-0.1, -0.05) is 23.4 Å². The first-order valence-electron chi connectivity index (χ1n) is 10.3. The fourth-order valence-electron chi connectivity index (χ4n) is 4.85. The SMILES string of the molecule is O/N=C1\CCc2cc(C3=C(c4ccncc4)N[NH+](C4CC[NH2+]CC4)C3)ccc21. The van der Waals surface area contributed by atoms with Crippen LogP contribution in [0.1, 0.15) is 41.5 Å². The lowest BCUT2D eigenvalue weighted by Gasteiger charge is -2.27. The third kappa shape index (κ3) is 3.08. The summed E-state index contributed by atoms with van der Waals surface area (Å²) in [5.41, 5.74) is 12.0. The number of aromatic nitrogens is 1. The number of nitrogens with two attached hydrogens (primary N) is 1. The van der Waals surface area contributed by atoms with E-state index < -0.39 is 0 Å². The Bertz CT molecular complexity index is 931. The summed E-state index contributed by atoms with van der Waals surface area (Å²) in [4.78, 5) is 4.19. The Hall–Kier alpha value is -2.70. The van der Waals surface area contributed by atoms with E-state index in [1.807, 2.05) is 12.4 Å². The van der Waals surface area contributed by atoms with Crippen LogP contribution < -0.4 is 15.8 Å².